The molecule has 1 aromatic heterocycles. The molecule has 1 heterocycles. The summed E-state index contributed by atoms with van der Waals surface area (Å²) < 4.78 is 3.34. The average molecular weight is 301 g/mol. The zero-order valence-electron chi connectivity index (χ0n) is 10.1. The van der Waals surface area contributed by atoms with Crippen molar-refractivity contribution in [1.82, 2.24) is 9.55 Å². The van der Waals surface area contributed by atoms with E-state index in [1.165, 1.54) is 16.6 Å². The minimum atomic E-state index is 0.853. The smallest absolute Gasteiger partial charge is 0.0961 e. The summed E-state index contributed by atoms with van der Waals surface area (Å²) >= 11 is 3.58. The van der Waals surface area contributed by atoms with Crippen molar-refractivity contribution < 1.29 is 0 Å². The second-order valence-electron chi connectivity index (χ2n) is 4.39. The van der Waals surface area contributed by atoms with Crippen molar-refractivity contribution in [2.75, 3.05) is 0 Å². The Balaban J connectivity index is 2.04. The van der Waals surface area contributed by atoms with E-state index in [1.807, 2.05) is 24.5 Å². The van der Waals surface area contributed by atoms with Crippen molar-refractivity contribution in [2.24, 2.45) is 0 Å². The minimum absolute atomic E-state index is 0.853. The highest BCUT2D eigenvalue weighted by molar-refractivity contribution is 9.10. The number of halogens is 1. The molecule has 90 valence electrons. The lowest BCUT2D eigenvalue weighted by atomic mass is 10.1. The number of hydrogen-bond donors (Lipinski definition) is 0. The Morgan fingerprint density at radius 2 is 1.94 bits per heavy atom. The van der Waals surface area contributed by atoms with E-state index in [2.05, 4.69) is 56.7 Å². The van der Waals surface area contributed by atoms with Crippen molar-refractivity contribution in [1.29, 1.82) is 0 Å². The molecule has 3 heteroatoms. The highest BCUT2D eigenvalue weighted by Gasteiger charge is 2.05. The number of fused-ring (bicyclic) bond motifs is 1. The summed E-state index contributed by atoms with van der Waals surface area (Å²) in [5.74, 6) is 0. The monoisotopic (exact) mass is 300 g/mol. The maximum atomic E-state index is 4.42. The Morgan fingerprint density at radius 1 is 1.11 bits per heavy atom. The van der Waals surface area contributed by atoms with Crippen LogP contribution in [-0.2, 0) is 6.54 Å². The third kappa shape index (κ3) is 1.95. The summed E-state index contributed by atoms with van der Waals surface area (Å²) in [6.07, 6.45) is 1.91. The van der Waals surface area contributed by atoms with E-state index in [1.54, 1.807) is 0 Å². The van der Waals surface area contributed by atoms with E-state index in [-0.39, 0.29) is 0 Å². The Labute approximate surface area is 114 Å². The Morgan fingerprint density at radius 3 is 2.83 bits per heavy atom. The quantitative estimate of drug-likeness (QED) is 0.695. The van der Waals surface area contributed by atoms with Crippen LogP contribution < -0.4 is 0 Å². The zero-order valence-corrected chi connectivity index (χ0v) is 11.7. The van der Waals surface area contributed by atoms with Crippen molar-refractivity contribution in [3.8, 4) is 0 Å². The molecule has 0 aliphatic heterocycles. The van der Waals surface area contributed by atoms with Crippen LogP contribution in [0.3, 0.4) is 0 Å². The number of hydrogen-bond acceptors (Lipinski definition) is 1. The summed E-state index contributed by atoms with van der Waals surface area (Å²) in [7, 11) is 0. The van der Waals surface area contributed by atoms with Gasteiger partial charge in [0.1, 0.15) is 0 Å². The van der Waals surface area contributed by atoms with Gasteiger partial charge in [-0.05, 0) is 36.2 Å². The van der Waals surface area contributed by atoms with Gasteiger partial charge in [0.2, 0.25) is 0 Å². The minimum Gasteiger partial charge on any atom is -0.326 e. The molecule has 0 aliphatic carbocycles. The van der Waals surface area contributed by atoms with Gasteiger partial charge in [0.15, 0.2) is 0 Å². The van der Waals surface area contributed by atoms with Crippen LogP contribution >= 0.6 is 15.9 Å². The van der Waals surface area contributed by atoms with Gasteiger partial charge in [0.05, 0.1) is 17.4 Å². The van der Waals surface area contributed by atoms with Gasteiger partial charge in [-0.25, -0.2) is 4.98 Å². The summed E-state index contributed by atoms with van der Waals surface area (Å²) in [6, 6.07) is 14.5. The molecule has 2 aromatic carbocycles. The SMILES string of the molecule is Cc1c(Br)cccc1Cn1cnc2ccccc21. The fourth-order valence-corrected chi connectivity index (χ4v) is 2.55. The Kier molecular flexibility index (Phi) is 2.92. The van der Waals surface area contributed by atoms with Crippen LogP contribution in [0.25, 0.3) is 11.0 Å². The first-order chi connectivity index (χ1) is 8.75. The lowest BCUT2D eigenvalue weighted by molar-refractivity contribution is 0.818. The number of nitrogens with zero attached hydrogens (tertiary/aromatic N) is 2. The molecule has 0 saturated carbocycles. The Hall–Kier alpha value is -1.61. The molecule has 0 N–H and O–H groups in total. The van der Waals surface area contributed by atoms with E-state index in [0.29, 0.717) is 0 Å². The first kappa shape index (κ1) is 11.5. The van der Waals surface area contributed by atoms with Crippen molar-refractivity contribution in [2.45, 2.75) is 13.5 Å². The standard InChI is InChI=1S/C15H13BrN2/c1-11-12(5-4-6-13(11)16)9-18-10-17-14-7-2-3-8-15(14)18/h2-8,10H,9H2,1H3. The van der Waals surface area contributed by atoms with Gasteiger partial charge in [-0.2, -0.15) is 0 Å². The average Bonchev–Trinajstić information content (AvgIpc) is 2.79. The van der Waals surface area contributed by atoms with Crippen LogP contribution in [0.15, 0.2) is 53.3 Å². The summed E-state index contributed by atoms with van der Waals surface area (Å²) in [4.78, 5) is 4.42. The highest BCUT2D eigenvalue weighted by atomic mass is 79.9. The predicted molar refractivity (Wildman–Crippen MR) is 77.7 cm³/mol. The molecular formula is C15H13BrN2. The lowest BCUT2D eigenvalue weighted by Gasteiger charge is -2.09. The maximum Gasteiger partial charge on any atom is 0.0961 e. The molecule has 0 fully saturated rings. The highest BCUT2D eigenvalue weighted by Crippen LogP contribution is 2.21. The number of benzene rings is 2. The van der Waals surface area contributed by atoms with E-state index < -0.39 is 0 Å². The van der Waals surface area contributed by atoms with Gasteiger partial charge in [0.25, 0.3) is 0 Å². The fourth-order valence-electron chi connectivity index (χ4n) is 2.14. The first-order valence-electron chi connectivity index (χ1n) is 5.89. The van der Waals surface area contributed by atoms with E-state index in [9.17, 15) is 0 Å². The topological polar surface area (TPSA) is 17.8 Å². The fraction of sp³-hybridized carbons (Fsp3) is 0.133. The van der Waals surface area contributed by atoms with Crippen LogP contribution in [0, 0.1) is 6.92 Å². The molecule has 0 unspecified atom stereocenters. The third-order valence-corrected chi connectivity index (χ3v) is 4.11. The van der Waals surface area contributed by atoms with Gasteiger partial charge >= 0.3 is 0 Å². The van der Waals surface area contributed by atoms with E-state index in [4.69, 9.17) is 0 Å². The van der Waals surface area contributed by atoms with Gasteiger partial charge < -0.3 is 4.57 Å². The lowest BCUT2D eigenvalue weighted by Crippen LogP contribution is -2.00. The first-order valence-corrected chi connectivity index (χ1v) is 6.69. The zero-order chi connectivity index (χ0) is 12.5. The third-order valence-electron chi connectivity index (χ3n) is 3.25. The number of aromatic nitrogens is 2. The maximum absolute atomic E-state index is 4.42. The van der Waals surface area contributed by atoms with Crippen LogP contribution in [0.4, 0.5) is 0 Å². The largest absolute Gasteiger partial charge is 0.326 e. The molecule has 0 radical (unpaired) electrons. The van der Waals surface area contributed by atoms with Gasteiger partial charge in [0, 0.05) is 11.0 Å². The molecule has 2 nitrogen and oxygen atoms in total. The molecule has 0 bridgehead atoms. The molecule has 0 saturated heterocycles. The summed E-state index contributed by atoms with van der Waals surface area (Å²) in [5.41, 5.74) is 4.82. The number of para-hydroxylation sites is 2. The van der Waals surface area contributed by atoms with E-state index in [0.717, 1.165) is 16.5 Å². The van der Waals surface area contributed by atoms with Gasteiger partial charge in [-0.3, -0.25) is 0 Å². The number of rotatable bonds is 2. The molecule has 18 heavy (non-hydrogen) atoms. The number of imidazole rings is 1. The van der Waals surface area contributed by atoms with Crippen molar-refractivity contribution in [3.63, 3.8) is 0 Å². The van der Waals surface area contributed by atoms with Crippen LogP contribution in [0.5, 0.6) is 0 Å². The van der Waals surface area contributed by atoms with Gasteiger partial charge in [-0.15, -0.1) is 0 Å². The molecule has 0 aliphatic rings. The van der Waals surface area contributed by atoms with Gasteiger partial charge in [-0.1, -0.05) is 40.2 Å². The molecule has 3 aromatic rings. The second kappa shape index (κ2) is 4.58. The summed E-state index contributed by atoms with van der Waals surface area (Å²) in [6.45, 7) is 2.99. The van der Waals surface area contributed by atoms with Crippen LogP contribution in [0.2, 0.25) is 0 Å². The van der Waals surface area contributed by atoms with E-state index >= 15 is 0 Å². The van der Waals surface area contributed by atoms with Crippen molar-refractivity contribution >= 4 is 27.0 Å². The Bertz CT molecular complexity index is 701. The molecule has 3 rings (SSSR count). The van der Waals surface area contributed by atoms with Crippen LogP contribution in [0.1, 0.15) is 11.1 Å². The summed E-state index contributed by atoms with van der Waals surface area (Å²) in [5, 5.41) is 0. The predicted octanol–water partition coefficient (Wildman–Crippen LogP) is 4.16. The molecule has 0 atom stereocenters. The van der Waals surface area contributed by atoms with Crippen molar-refractivity contribution in [3.05, 3.63) is 64.4 Å². The van der Waals surface area contributed by atoms with Crippen LogP contribution in [-0.4, -0.2) is 9.55 Å². The molecule has 0 amide bonds. The molecular weight excluding hydrogens is 288 g/mol. The molecule has 0 spiro atoms. The second-order valence-corrected chi connectivity index (χ2v) is 5.24. The normalized spacial score (nSPS) is 11.0.